The number of aryl methyl sites for hydroxylation is 2. The molecule has 10 heteroatoms. The van der Waals surface area contributed by atoms with Crippen LogP contribution in [0.3, 0.4) is 0 Å². The van der Waals surface area contributed by atoms with Crippen LogP contribution in [0, 0.1) is 13.8 Å². The number of aromatic amines is 1. The average molecular weight is 497 g/mol. The minimum Gasteiger partial charge on any atom is -0.493 e. The van der Waals surface area contributed by atoms with Gasteiger partial charge in [0, 0.05) is 10.4 Å². The van der Waals surface area contributed by atoms with Crippen LogP contribution in [0.1, 0.15) is 11.1 Å². The van der Waals surface area contributed by atoms with Crippen molar-refractivity contribution in [2.24, 2.45) is 10.2 Å². The predicted molar refractivity (Wildman–Crippen MR) is 131 cm³/mol. The normalized spacial score (nSPS) is 11.9. The van der Waals surface area contributed by atoms with Crippen LogP contribution < -0.4 is 4.31 Å². The van der Waals surface area contributed by atoms with Gasteiger partial charge in [0.2, 0.25) is 5.88 Å². The summed E-state index contributed by atoms with van der Waals surface area (Å²) in [6.45, 7) is 3.03. The van der Waals surface area contributed by atoms with Crippen LogP contribution in [-0.2, 0) is 14.8 Å². The van der Waals surface area contributed by atoms with E-state index in [2.05, 4.69) is 15.2 Å². The quantitative estimate of drug-likeness (QED) is 0.335. The largest absolute Gasteiger partial charge is 0.493 e. The summed E-state index contributed by atoms with van der Waals surface area (Å²) in [6.07, 6.45) is 0. The minimum atomic E-state index is -4.11. The van der Waals surface area contributed by atoms with E-state index in [-0.39, 0.29) is 22.2 Å². The van der Waals surface area contributed by atoms with Gasteiger partial charge in [-0.3, -0.25) is 9.10 Å². The van der Waals surface area contributed by atoms with Gasteiger partial charge in [0.05, 0.1) is 16.1 Å². The van der Waals surface area contributed by atoms with Crippen molar-refractivity contribution in [1.82, 2.24) is 4.98 Å². The van der Waals surface area contributed by atoms with Crippen LogP contribution in [0.4, 0.5) is 11.4 Å². The molecule has 4 aromatic rings. The SMILES string of the molecule is Cc1ccc(S(=O)(=O)N(CC(=O)N=Nc2c(O)[nH]c3ccccc23)c2ccc(C)c(Cl)c2)cc1. The van der Waals surface area contributed by atoms with Gasteiger partial charge in [-0.15, -0.1) is 10.2 Å². The Morgan fingerprint density at radius 3 is 2.47 bits per heavy atom. The number of carbonyl (C=O) groups excluding carboxylic acids is 1. The fourth-order valence-electron chi connectivity index (χ4n) is 3.36. The lowest BCUT2D eigenvalue weighted by atomic mass is 10.2. The first-order valence-electron chi connectivity index (χ1n) is 10.3. The number of carbonyl (C=O) groups is 1. The number of rotatable bonds is 6. The van der Waals surface area contributed by atoms with Crippen LogP contribution >= 0.6 is 11.6 Å². The zero-order valence-corrected chi connectivity index (χ0v) is 19.9. The molecule has 0 atom stereocenters. The van der Waals surface area contributed by atoms with Gasteiger partial charge in [0.15, 0.2) is 5.69 Å². The molecule has 1 heterocycles. The molecule has 2 N–H and O–H groups in total. The molecule has 34 heavy (non-hydrogen) atoms. The lowest BCUT2D eigenvalue weighted by Crippen LogP contribution is -2.35. The van der Waals surface area contributed by atoms with Crippen LogP contribution in [0.15, 0.2) is 81.9 Å². The molecule has 1 aromatic heterocycles. The number of nitrogens with zero attached hydrogens (tertiary/aromatic N) is 3. The highest BCUT2D eigenvalue weighted by molar-refractivity contribution is 7.92. The first-order chi connectivity index (χ1) is 16.2. The van der Waals surface area contributed by atoms with E-state index in [4.69, 9.17) is 11.6 Å². The maximum Gasteiger partial charge on any atom is 0.285 e. The monoisotopic (exact) mass is 496 g/mol. The van der Waals surface area contributed by atoms with Crippen molar-refractivity contribution < 1.29 is 18.3 Å². The summed E-state index contributed by atoms with van der Waals surface area (Å²) in [7, 11) is -4.11. The second-order valence-corrected chi connectivity index (χ2v) is 9.99. The van der Waals surface area contributed by atoms with E-state index >= 15 is 0 Å². The first-order valence-corrected chi connectivity index (χ1v) is 12.1. The summed E-state index contributed by atoms with van der Waals surface area (Å²) in [5, 5.41) is 18.6. The number of aromatic nitrogens is 1. The fraction of sp³-hybridized carbons (Fsp3) is 0.125. The summed E-state index contributed by atoms with van der Waals surface area (Å²) in [5.41, 5.74) is 2.59. The molecule has 0 unspecified atom stereocenters. The second-order valence-electron chi connectivity index (χ2n) is 7.72. The molecule has 0 saturated heterocycles. The molecule has 0 radical (unpaired) electrons. The third kappa shape index (κ3) is 4.66. The molecule has 0 bridgehead atoms. The number of fused-ring (bicyclic) bond motifs is 1. The fourth-order valence-corrected chi connectivity index (χ4v) is 4.94. The summed E-state index contributed by atoms with van der Waals surface area (Å²) >= 11 is 6.23. The Labute approximate surface area is 201 Å². The highest BCUT2D eigenvalue weighted by Gasteiger charge is 2.28. The van der Waals surface area contributed by atoms with Crippen LogP contribution in [0.5, 0.6) is 5.88 Å². The molecule has 0 aliphatic carbocycles. The number of nitrogens with one attached hydrogen (secondary N) is 1. The molecule has 3 aromatic carbocycles. The molecule has 0 saturated carbocycles. The van der Waals surface area contributed by atoms with Crippen molar-refractivity contribution in [3.05, 3.63) is 82.9 Å². The van der Waals surface area contributed by atoms with Crippen molar-refractivity contribution in [3.63, 3.8) is 0 Å². The van der Waals surface area contributed by atoms with Gasteiger partial charge in [-0.05, 0) is 49.7 Å². The van der Waals surface area contributed by atoms with Crippen molar-refractivity contribution in [2.75, 3.05) is 10.8 Å². The number of benzene rings is 3. The molecular weight excluding hydrogens is 476 g/mol. The molecule has 1 amide bonds. The third-order valence-electron chi connectivity index (χ3n) is 5.25. The van der Waals surface area contributed by atoms with Crippen molar-refractivity contribution >= 4 is 49.8 Å². The van der Waals surface area contributed by atoms with Gasteiger partial charge in [-0.2, -0.15) is 0 Å². The maximum absolute atomic E-state index is 13.5. The summed E-state index contributed by atoms with van der Waals surface area (Å²) in [6, 6.07) is 18.0. The number of amides is 1. The van der Waals surface area contributed by atoms with E-state index in [1.54, 1.807) is 55.5 Å². The third-order valence-corrected chi connectivity index (χ3v) is 7.45. The van der Waals surface area contributed by atoms with Crippen molar-refractivity contribution in [3.8, 4) is 5.88 Å². The Bertz CT molecular complexity index is 1510. The van der Waals surface area contributed by atoms with E-state index in [0.29, 0.717) is 15.9 Å². The number of H-pyrrole nitrogens is 1. The Kier molecular flexibility index (Phi) is 6.41. The second kappa shape index (κ2) is 9.28. The summed E-state index contributed by atoms with van der Waals surface area (Å²) in [5.74, 6) is -1.07. The molecule has 0 aliphatic heterocycles. The minimum absolute atomic E-state index is 0.0220. The zero-order valence-electron chi connectivity index (χ0n) is 18.4. The number of sulfonamides is 1. The highest BCUT2D eigenvalue weighted by Crippen LogP contribution is 2.35. The molecule has 174 valence electrons. The Morgan fingerprint density at radius 2 is 1.76 bits per heavy atom. The smallest absolute Gasteiger partial charge is 0.285 e. The lowest BCUT2D eigenvalue weighted by molar-refractivity contribution is -0.116. The number of anilines is 1. The van der Waals surface area contributed by atoms with Crippen LogP contribution in [0.2, 0.25) is 5.02 Å². The Morgan fingerprint density at radius 1 is 1.06 bits per heavy atom. The summed E-state index contributed by atoms with van der Waals surface area (Å²) < 4.78 is 27.8. The van der Waals surface area contributed by atoms with Gasteiger partial charge in [-0.1, -0.05) is 53.6 Å². The van der Waals surface area contributed by atoms with Crippen LogP contribution in [-0.4, -0.2) is 31.0 Å². The highest BCUT2D eigenvalue weighted by atomic mass is 35.5. The molecule has 0 fully saturated rings. The number of hydrogen-bond acceptors (Lipinski definition) is 5. The van der Waals surface area contributed by atoms with Gasteiger partial charge in [-0.25, -0.2) is 8.42 Å². The van der Waals surface area contributed by atoms with Crippen molar-refractivity contribution in [2.45, 2.75) is 18.7 Å². The average Bonchev–Trinajstić information content (AvgIpc) is 3.13. The number of halogens is 1. The molecule has 8 nitrogen and oxygen atoms in total. The molecular formula is C24H21ClN4O4S. The maximum atomic E-state index is 13.5. The number of para-hydroxylation sites is 1. The van der Waals surface area contributed by atoms with Crippen LogP contribution in [0.25, 0.3) is 10.9 Å². The van der Waals surface area contributed by atoms with Gasteiger partial charge >= 0.3 is 0 Å². The van der Waals surface area contributed by atoms with Gasteiger partial charge in [0.25, 0.3) is 15.9 Å². The Hall–Kier alpha value is -3.69. The Balaban J connectivity index is 1.69. The zero-order chi connectivity index (χ0) is 24.5. The van der Waals surface area contributed by atoms with E-state index < -0.39 is 22.5 Å². The topological polar surface area (TPSA) is 115 Å². The number of aromatic hydroxyl groups is 1. The van der Waals surface area contributed by atoms with Gasteiger partial charge < -0.3 is 10.1 Å². The first kappa shape index (κ1) is 23.5. The molecule has 0 spiro atoms. The van der Waals surface area contributed by atoms with E-state index in [0.717, 1.165) is 15.4 Å². The van der Waals surface area contributed by atoms with E-state index in [1.165, 1.54) is 18.2 Å². The number of hydrogen-bond donors (Lipinski definition) is 2. The number of azo groups is 1. The van der Waals surface area contributed by atoms with Gasteiger partial charge in [0.1, 0.15) is 6.54 Å². The van der Waals surface area contributed by atoms with E-state index in [1.807, 2.05) is 6.92 Å². The summed E-state index contributed by atoms with van der Waals surface area (Å²) in [4.78, 5) is 15.5. The molecule has 0 aliphatic rings. The standard InChI is InChI=1S/C24H21ClN4O4S/c1-15-7-11-18(12-8-15)34(32,33)29(17-10-9-16(2)20(25)13-17)14-22(30)27-28-23-19-5-3-4-6-21(19)26-24(23)31/h3-13,26,31H,14H2,1-2H3. The van der Waals surface area contributed by atoms with E-state index in [9.17, 15) is 18.3 Å². The molecule has 4 rings (SSSR count). The lowest BCUT2D eigenvalue weighted by Gasteiger charge is -2.23. The van der Waals surface area contributed by atoms with Crippen molar-refractivity contribution in [1.29, 1.82) is 0 Å². The predicted octanol–water partition coefficient (Wildman–Crippen LogP) is 5.65.